The Kier molecular flexibility index (Phi) is 4.44. The van der Waals surface area contributed by atoms with Gasteiger partial charge in [-0.2, -0.15) is 0 Å². The number of halogens is 2. The Morgan fingerprint density at radius 3 is 2.53 bits per heavy atom. The van der Waals surface area contributed by atoms with Gasteiger partial charge in [-0.25, -0.2) is 13.8 Å². The van der Waals surface area contributed by atoms with Gasteiger partial charge in [-0.1, -0.05) is 6.92 Å². The molecule has 0 atom stereocenters. The molecule has 1 heterocycles. The van der Waals surface area contributed by atoms with Gasteiger partial charge in [0, 0.05) is 24.2 Å². The number of aryl methyl sites for hydroxylation is 1. The molecule has 0 aliphatic rings. The van der Waals surface area contributed by atoms with Gasteiger partial charge in [-0.3, -0.25) is 0 Å². The maximum absolute atomic E-state index is 13.1. The highest BCUT2D eigenvalue weighted by Gasteiger charge is 2.09. The number of rotatable bonds is 5. The van der Waals surface area contributed by atoms with Crippen molar-refractivity contribution in [2.24, 2.45) is 0 Å². The SMILES string of the molecule is CCc1cnc(CNCc2cc(F)c(O)c(F)c2)s1. The van der Waals surface area contributed by atoms with Gasteiger partial charge in [-0.15, -0.1) is 11.3 Å². The smallest absolute Gasteiger partial charge is 0.187 e. The summed E-state index contributed by atoms with van der Waals surface area (Å²) in [5.41, 5.74) is 0.445. The maximum Gasteiger partial charge on any atom is 0.187 e. The number of nitrogens with one attached hydrogen (secondary N) is 1. The normalized spacial score (nSPS) is 10.9. The van der Waals surface area contributed by atoms with Crippen molar-refractivity contribution in [3.05, 3.63) is 45.4 Å². The molecule has 2 N–H and O–H groups in total. The van der Waals surface area contributed by atoms with Crippen LogP contribution in [0.2, 0.25) is 0 Å². The number of phenols is 1. The molecular formula is C13H14F2N2OS. The van der Waals surface area contributed by atoms with E-state index in [1.54, 1.807) is 11.3 Å². The van der Waals surface area contributed by atoms with E-state index in [-0.39, 0.29) is 0 Å². The zero-order valence-electron chi connectivity index (χ0n) is 10.4. The number of aromatic hydroxyl groups is 1. The van der Waals surface area contributed by atoms with Crippen LogP contribution in [-0.4, -0.2) is 10.1 Å². The molecule has 0 amide bonds. The Bertz CT molecular complexity index is 549. The Morgan fingerprint density at radius 2 is 1.95 bits per heavy atom. The molecule has 0 fully saturated rings. The van der Waals surface area contributed by atoms with Crippen LogP contribution in [0.25, 0.3) is 0 Å². The molecule has 1 aromatic heterocycles. The zero-order chi connectivity index (χ0) is 13.8. The highest BCUT2D eigenvalue weighted by Crippen LogP contribution is 2.21. The molecule has 2 aromatic rings. The van der Waals surface area contributed by atoms with E-state index in [2.05, 4.69) is 17.2 Å². The second-order valence-corrected chi connectivity index (χ2v) is 5.29. The molecule has 102 valence electrons. The summed E-state index contributed by atoms with van der Waals surface area (Å²) in [7, 11) is 0. The van der Waals surface area contributed by atoms with Crippen LogP contribution in [0.1, 0.15) is 22.4 Å². The average Bonchev–Trinajstić information content (AvgIpc) is 2.84. The minimum Gasteiger partial charge on any atom is -0.503 e. The van der Waals surface area contributed by atoms with Crippen molar-refractivity contribution >= 4 is 11.3 Å². The Morgan fingerprint density at radius 1 is 1.26 bits per heavy atom. The number of aromatic nitrogens is 1. The van der Waals surface area contributed by atoms with Crippen molar-refractivity contribution in [1.29, 1.82) is 0 Å². The molecule has 2 rings (SSSR count). The van der Waals surface area contributed by atoms with Gasteiger partial charge in [-0.05, 0) is 24.1 Å². The molecule has 0 saturated carbocycles. The van der Waals surface area contributed by atoms with Crippen molar-refractivity contribution in [3.8, 4) is 5.75 Å². The summed E-state index contributed by atoms with van der Waals surface area (Å²) in [4.78, 5) is 5.44. The van der Waals surface area contributed by atoms with Crippen molar-refractivity contribution in [1.82, 2.24) is 10.3 Å². The van der Waals surface area contributed by atoms with E-state index in [1.807, 2.05) is 6.20 Å². The summed E-state index contributed by atoms with van der Waals surface area (Å²) in [6.07, 6.45) is 2.79. The van der Waals surface area contributed by atoms with Crippen LogP contribution in [-0.2, 0) is 19.5 Å². The molecule has 0 bridgehead atoms. The van der Waals surface area contributed by atoms with Gasteiger partial charge < -0.3 is 10.4 Å². The number of phenolic OH excluding ortho intramolecular Hbond substituents is 1. The highest BCUT2D eigenvalue weighted by molar-refractivity contribution is 7.11. The minimum absolute atomic E-state index is 0.315. The number of thiazole rings is 1. The van der Waals surface area contributed by atoms with Crippen LogP contribution in [0.5, 0.6) is 5.75 Å². The van der Waals surface area contributed by atoms with E-state index in [0.717, 1.165) is 23.6 Å². The van der Waals surface area contributed by atoms with Crippen molar-refractivity contribution in [2.75, 3.05) is 0 Å². The van der Waals surface area contributed by atoms with Crippen LogP contribution in [0.3, 0.4) is 0 Å². The first kappa shape index (κ1) is 13.9. The number of benzene rings is 1. The second-order valence-electron chi connectivity index (χ2n) is 4.09. The number of hydrogen-bond acceptors (Lipinski definition) is 4. The third-order valence-corrected chi connectivity index (χ3v) is 3.77. The van der Waals surface area contributed by atoms with Crippen molar-refractivity contribution in [3.63, 3.8) is 0 Å². The summed E-state index contributed by atoms with van der Waals surface area (Å²) in [6.45, 7) is 2.93. The van der Waals surface area contributed by atoms with Gasteiger partial charge in [0.15, 0.2) is 17.4 Å². The number of nitrogens with zero attached hydrogens (tertiary/aromatic N) is 1. The van der Waals surface area contributed by atoms with Gasteiger partial charge in [0.25, 0.3) is 0 Å². The Labute approximate surface area is 113 Å². The maximum atomic E-state index is 13.1. The largest absolute Gasteiger partial charge is 0.503 e. The second kappa shape index (κ2) is 6.08. The summed E-state index contributed by atoms with van der Waals surface area (Å²) in [6, 6.07) is 2.23. The van der Waals surface area contributed by atoms with E-state index >= 15 is 0 Å². The molecule has 6 heteroatoms. The predicted molar refractivity (Wildman–Crippen MR) is 70.1 cm³/mol. The quantitative estimate of drug-likeness (QED) is 0.887. The van der Waals surface area contributed by atoms with Crippen molar-refractivity contribution < 1.29 is 13.9 Å². The Hall–Kier alpha value is -1.53. The van der Waals surface area contributed by atoms with E-state index in [0.29, 0.717) is 18.7 Å². The highest BCUT2D eigenvalue weighted by atomic mass is 32.1. The molecule has 19 heavy (non-hydrogen) atoms. The average molecular weight is 284 g/mol. The fourth-order valence-electron chi connectivity index (χ4n) is 1.63. The molecule has 0 unspecified atom stereocenters. The van der Waals surface area contributed by atoms with Gasteiger partial charge >= 0.3 is 0 Å². The van der Waals surface area contributed by atoms with Crippen LogP contribution in [0.4, 0.5) is 8.78 Å². The first-order chi connectivity index (χ1) is 9.10. The fraction of sp³-hybridized carbons (Fsp3) is 0.308. The van der Waals surface area contributed by atoms with Gasteiger partial charge in [0.2, 0.25) is 0 Å². The van der Waals surface area contributed by atoms with Crippen LogP contribution in [0, 0.1) is 11.6 Å². The van der Waals surface area contributed by atoms with Crippen molar-refractivity contribution in [2.45, 2.75) is 26.4 Å². The van der Waals surface area contributed by atoms with Gasteiger partial charge in [0.1, 0.15) is 5.01 Å². The number of hydrogen-bond donors (Lipinski definition) is 2. The summed E-state index contributed by atoms with van der Waals surface area (Å²) < 4.78 is 26.2. The summed E-state index contributed by atoms with van der Waals surface area (Å²) in [5, 5.41) is 13.0. The first-order valence-corrected chi connectivity index (χ1v) is 6.73. The molecule has 0 radical (unpaired) electrons. The van der Waals surface area contributed by atoms with Crippen LogP contribution in [0.15, 0.2) is 18.3 Å². The predicted octanol–water partition coefficient (Wildman–Crippen LogP) is 2.98. The molecule has 0 aliphatic heterocycles. The van der Waals surface area contributed by atoms with E-state index < -0.39 is 17.4 Å². The molecular weight excluding hydrogens is 270 g/mol. The molecule has 3 nitrogen and oxygen atoms in total. The third kappa shape index (κ3) is 3.48. The minimum atomic E-state index is -0.945. The summed E-state index contributed by atoms with van der Waals surface area (Å²) in [5.74, 6) is -2.82. The Balaban J connectivity index is 1.92. The molecule has 0 spiro atoms. The lowest BCUT2D eigenvalue weighted by Crippen LogP contribution is -2.12. The zero-order valence-corrected chi connectivity index (χ0v) is 11.2. The van der Waals surface area contributed by atoms with Crippen LogP contribution < -0.4 is 5.32 Å². The lowest BCUT2D eigenvalue weighted by atomic mass is 10.2. The molecule has 0 aliphatic carbocycles. The standard InChI is InChI=1S/C13H14F2N2OS/c1-2-9-6-17-12(19-9)7-16-5-8-3-10(14)13(18)11(15)4-8/h3-4,6,16,18H,2,5,7H2,1H3. The third-order valence-electron chi connectivity index (χ3n) is 2.63. The molecule has 0 saturated heterocycles. The van der Waals surface area contributed by atoms with Gasteiger partial charge in [0.05, 0.1) is 0 Å². The first-order valence-electron chi connectivity index (χ1n) is 5.91. The van der Waals surface area contributed by atoms with E-state index in [1.165, 1.54) is 4.88 Å². The topological polar surface area (TPSA) is 45.2 Å². The van der Waals surface area contributed by atoms with Crippen LogP contribution >= 0.6 is 11.3 Å². The monoisotopic (exact) mass is 284 g/mol. The van der Waals surface area contributed by atoms with E-state index in [9.17, 15) is 8.78 Å². The molecule has 1 aromatic carbocycles. The fourth-order valence-corrected chi connectivity index (χ4v) is 2.46. The lowest BCUT2D eigenvalue weighted by Gasteiger charge is -2.05. The lowest BCUT2D eigenvalue weighted by molar-refractivity contribution is 0.395. The van der Waals surface area contributed by atoms with E-state index in [4.69, 9.17) is 5.11 Å². The summed E-state index contributed by atoms with van der Waals surface area (Å²) >= 11 is 1.62.